The molecule has 0 saturated carbocycles. The Morgan fingerprint density at radius 3 is 3.04 bits per heavy atom. The molecule has 1 unspecified atom stereocenters. The Morgan fingerprint density at radius 1 is 1.40 bits per heavy atom. The number of amides is 1. The molecule has 0 bridgehead atoms. The number of nitrogens with one attached hydrogen (secondary N) is 1. The number of fused-ring (bicyclic) bond motifs is 1. The van der Waals surface area contributed by atoms with Gasteiger partial charge in [-0.25, -0.2) is 4.68 Å². The summed E-state index contributed by atoms with van der Waals surface area (Å²) in [6, 6.07) is 8.53. The Hall–Kier alpha value is -2.67. The molecule has 3 rings (SSSR count). The molecule has 7 heteroatoms. The van der Waals surface area contributed by atoms with Crippen LogP contribution < -0.4 is 16.6 Å². The first kappa shape index (κ1) is 17.2. The number of rotatable bonds is 5. The highest BCUT2D eigenvalue weighted by molar-refractivity contribution is 5.92. The van der Waals surface area contributed by atoms with Crippen molar-refractivity contribution in [2.45, 2.75) is 31.8 Å². The van der Waals surface area contributed by atoms with Crippen LogP contribution in [0.15, 0.2) is 35.1 Å². The van der Waals surface area contributed by atoms with Crippen LogP contribution in [-0.4, -0.2) is 29.4 Å². The van der Waals surface area contributed by atoms with Crippen molar-refractivity contribution in [1.29, 1.82) is 0 Å². The zero-order valence-corrected chi connectivity index (χ0v) is 14.2. The van der Waals surface area contributed by atoms with Gasteiger partial charge in [0.25, 0.3) is 11.5 Å². The monoisotopic (exact) mass is 342 g/mol. The average Bonchev–Trinajstić information content (AvgIpc) is 2.61. The molecule has 132 valence electrons. The molecule has 7 nitrogen and oxygen atoms in total. The second kappa shape index (κ2) is 7.48. The van der Waals surface area contributed by atoms with Crippen molar-refractivity contribution in [3.05, 3.63) is 57.5 Å². The van der Waals surface area contributed by atoms with Crippen LogP contribution in [0.25, 0.3) is 0 Å². The van der Waals surface area contributed by atoms with Crippen LogP contribution in [0.1, 0.15) is 40.5 Å². The smallest absolute Gasteiger partial charge is 0.272 e. The molecule has 3 N–H and O–H groups in total. The average molecular weight is 342 g/mol. The van der Waals surface area contributed by atoms with E-state index in [1.54, 1.807) is 7.11 Å². The molecule has 1 aliphatic rings. The van der Waals surface area contributed by atoms with Crippen LogP contribution in [0.3, 0.4) is 0 Å². The molecule has 0 saturated heterocycles. The van der Waals surface area contributed by atoms with E-state index in [4.69, 9.17) is 10.5 Å². The molecule has 0 spiro atoms. The summed E-state index contributed by atoms with van der Waals surface area (Å²) in [7, 11) is 1.55. The molecule has 1 amide bonds. The fourth-order valence-corrected chi connectivity index (χ4v) is 3.12. The molecule has 2 aromatic rings. The normalized spacial score (nSPS) is 16.3. The van der Waals surface area contributed by atoms with Gasteiger partial charge in [-0.05, 0) is 48.6 Å². The van der Waals surface area contributed by atoms with Crippen LogP contribution in [0.2, 0.25) is 0 Å². The lowest BCUT2D eigenvalue weighted by molar-refractivity contribution is 0.0924. The molecule has 0 aliphatic heterocycles. The van der Waals surface area contributed by atoms with E-state index in [0.29, 0.717) is 13.2 Å². The van der Waals surface area contributed by atoms with Crippen molar-refractivity contribution < 1.29 is 9.53 Å². The minimum absolute atomic E-state index is 0.0713. The number of ether oxygens (including phenoxy) is 1. The third kappa shape index (κ3) is 3.88. The summed E-state index contributed by atoms with van der Waals surface area (Å²) in [6.45, 7) is 0.664. The van der Waals surface area contributed by atoms with Gasteiger partial charge in [0.15, 0.2) is 0 Å². The van der Waals surface area contributed by atoms with E-state index < -0.39 is 0 Å². The number of anilines is 1. The lowest BCUT2D eigenvalue weighted by atomic mass is 9.87. The van der Waals surface area contributed by atoms with Crippen molar-refractivity contribution in [3.8, 4) is 0 Å². The van der Waals surface area contributed by atoms with Gasteiger partial charge in [0, 0.05) is 18.9 Å². The van der Waals surface area contributed by atoms with E-state index in [1.165, 1.54) is 22.4 Å². The maximum atomic E-state index is 12.6. The number of hydrogen-bond donors (Lipinski definition) is 2. The van der Waals surface area contributed by atoms with Crippen LogP contribution in [-0.2, 0) is 17.7 Å². The van der Waals surface area contributed by atoms with E-state index in [1.807, 2.05) is 18.2 Å². The molecule has 1 aromatic carbocycles. The minimum atomic E-state index is -0.291. The highest BCUT2D eigenvalue weighted by atomic mass is 16.5. The first-order chi connectivity index (χ1) is 12.1. The van der Waals surface area contributed by atoms with Gasteiger partial charge in [-0.15, -0.1) is 0 Å². The molecule has 0 fully saturated rings. The van der Waals surface area contributed by atoms with Crippen molar-refractivity contribution in [2.24, 2.45) is 0 Å². The Kier molecular flexibility index (Phi) is 5.14. The number of aromatic nitrogens is 2. The van der Waals surface area contributed by atoms with Crippen LogP contribution >= 0.6 is 0 Å². The molecule has 1 aromatic heterocycles. The number of benzene rings is 1. The van der Waals surface area contributed by atoms with Gasteiger partial charge in [-0.3, -0.25) is 9.59 Å². The molecule has 1 aliphatic carbocycles. The predicted octanol–water partition coefficient (Wildman–Crippen LogP) is 1.28. The Labute approximate surface area is 145 Å². The van der Waals surface area contributed by atoms with E-state index in [9.17, 15) is 9.59 Å². The van der Waals surface area contributed by atoms with Gasteiger partial charge < -0.3 is 15.8 Å². The first-order valence-electron chi connectivity index (χ1n) is 8.35. The topological polar surface area (TPSA) is 99.2 Å². The predicted molar refractivity (Wildman–Crippen MR) is 94.4 cm³/mol. The number of carbonyl (C=O) groups excluding carboxylic acids is 1. The molecule has 0 radical (unpaired) electrons. The van der Waals surface area contributed by atoms with E-state index in [-0.39, 0.29) is 23.2 Å². The van der Waals surface area contributed by atoms with Crippen molar-refractivity contribution in [2.75, 3.05) is 19.5 Å². The maximum absolute atomic E-state index is 12.6. The van der Waals surface area contributed by atoms with Crippen molar-refractivity contribution >= 4 is 11.6 Å². The Morgan fingerprint density at radius 2 is 2.24 bits per heavy atom. The Bertz CT molecular complexity index is 831. The highest BCUT2D eigenvalue weighted by Gasteiger charge is 2.23. The van der Waals surface area contributed by atoms with E-state index >= 15 is 0 Å². The second-order valence-corrected chi connectivity index (χ2v) is 6.15. The lowest BCUT2D eigenvalue weighted by Gasteiger charge is -2.26. The van der Waals surface area contributed by atoms with Crippen LogP contribution in [0.5, 0.6) is 0 Å². The van der Waals surface area contributed by atoms with E-state index in [0.717, 1.165) is 30.5 Å². The number of nitrogens with zero attached hydrogens (tertiary/aromatic N) is 2. The second-order valence-electron chi connectivity index (χ2n) is 6.15. The maximum Gasteiger partial charge on any atom is 0.272 e. The number of methoxy groups -OCH3 is 1. The van der Waals surface area contributed by atoms with Gasteiger partial charge >= 0.3 is 0 Å². The third-order valence-corrected chi connectivity index (χ3v) is 4.39. The first-order valence-corrected chi connectivity index (χ1v) is 8.35. The zero-order chi connectivity index (χ0) is 17.8. The largest absolute Gasteiger partial charge is 0.399 e. The van der Waals surface area contributed by atoms with Gasteiger partial charge in [-0.1, -0.05) is 6.07 Å². The molecular weight excluding hydrogens is 320 g/mol. The summed E-state index contributed by atoms with van der Waals surface area (Å²) in [5.74, 6) is -0.291. The fourth-order valence-electron chi connectivity index (χ4n) is 3.12. The third-order valence-electron chi connectivity index (χ3n) is 4.39. The fraction of sp³-hybridized carbons (Fsp3) is 0.389. The standard InChI is InChI=1S/C18H22N4O3/c1-25-10-9-22-17(23)8-7-16(21-22)18(24)20-15-4-2-3-12-11-13(19)5-6-14(12)15/h5-8,11,15H,2-4,9-10,19H2,1H3,(H,20,24). The summed E-state index contributed by atoms with van der Waals surface area (Å²) in [4.78, 5) is 24.4. The number of nitrogens with two attached hydrogens (primary N) is 1. The lowest BCUT2D eigenvalue weighted by Crippen LogP contribution is -2.34. The minimum Gasteiger partial charge on any atom is -0.399 e. The summed E-state index contributed by atoms with van der Waals surface area (Å²) in [5.41, 5.74) is 8.82. The Balaban J connectivity index is 1.78. The SMILES string of the molecule is COCCn1nc(C(=O)NC2CCCc3cc(N)ccc32)ccc1=O. The number of carbonyl (C=O) groups is 1. The molecular formula is C18H22N4O3. The highest BCUT2D eigenvalue weighted by Crippen LogP contribution is 2.31. The van der Waals surface area contributed by atoms with Gasteiger partial charge in [-0.2, -0.15) is 5.10 Å². The van der Waals surface area contributed by atoms with Gasteiger partial charge in [0.1, 0.15) is 5.69 Å². The van der Waals surface area contributed by atoms with E-state index in [2.05, 4.69) is 10.4 Å². The van der Waals surface area contributed by atoms with Crippen molar-refractivity contribution in [3.63, 3.8) is 0 Å². The van der Waals surface area contributed by atoms with Crippen LogP contribution in [0.4, 0.5) is 5.69 Å². The number of aryl methyl sites for hydroxylation is 1. The molecule has 1 atom stereocenters. The molecule has 25 heavy (non-hydrogen) atoms. The summed E-state index contributed by atoms with van der Waals surface area (Å²) in [5, 5.41) is 7.16. The van der Waals surface area contributed by atoms with Gasteiger partial charge in [0.2, 0.25) is 0 Å². The summed E-state index contributed by atoms with van der Waals surface area (Å²) < 4.78 is 6.20. The van der Waals surface area contributed by atoms with Crippen molar-refractivity contribution in [1.82, 2.24) is 15.1 Å². The van der Waals surface area contributed by atoms with Gasteiger partial charge in [0.05, 0.1) is 19.2 Å². The quantitative estimate of drug-likeness (QED) is 0.798. The number of nitrogen functional groups attached to an aromatic ring is 1. The summed E-state index contributed by atoms with van der Waals surface area (Å²) in [6.07, 6.45) is 2.82. The zero-order valence-electron chi connectivity index (χ0n) is 14.2. The summed E-state index contributed by atoms with van der Waals surface area (Å²) >= 11 is 0. The van der Waals surface area contributed by atoms with Crippen LogP contribution in [0, 0.1) is 0 Å². The number of hydrogen-bond acceptors (Lipinski definition) is 5. The molecule has 1 heterocycles.